The molecule has 1 spiro atoms. The minimum Gasteiger partial charge on any atom is -0.464 e. The molecular formula is C18H22N2O2S. The SMILES string of the molecule is C=CCN1C(=O)[C@@]2(NC(=S)O[C@H]2CCCCC)c2ccccc21. The molecule has 5 heteroatoms. The molecule has 1 aromatic rings. The van der Waals surface area contributed by atoms with Gasteiger partial charge in [-0.15, -0.1) is 6.58 Å². The Kier molecular flexibility index (Phi) is 4.39. The van der Waals surface area contributed by atoms with Gasteiger partial charge in [0.05, 0.1) is 5.69 Å². The van der Waals surface area contributed by atoms with Gasteiger partial charge in [-0.05, 0) is 31.1 Å². The average molecular weight is 330 g/mol. The number of amides is 1. The topological polar surface area (TPSA) is 41.6 Å². The van der Waals surface area contributed by atoms with Crippen molar-refractivity contribution in [3.8, 4) is 0 Å². The number of ether oxygens (including phenoxy) is 1. The van der Waals surface area contributed by atoms with Crippen molar-refractivity contribution in [1.82, 2.24) is 5.32 Å². The van der Waals surface area contributed by atoms with Gasteiger partial charge in [-0.3, -0.25) is 4.79 Å². The van der Waals surface area contributed by atoms with Crippen LogP contribution in [0.3, 0.4) is 0 Å². The van der Waals surface area contributed by atoms with Crippen LogP contribution in [-0.2, 0) is 15.1 Å². The molecule has 0 saturated carbocycles. The van der Waals surface area contributed by atoms with E-state index in [2.05, 4.69) is 18.8 Å². The van der Waals surface area contributed by atoms with E-state index in [4.69, 9.17) is 17.0 Å². The van der Waals surface area contributed by atoms with Gasteiger partial charge in [-0.1, -0.05) is 44.0 Å². The minimum atomic E-state index is -0.884. The molecular weight excluding hydrogens is 308 g/mol. The second-order valence-electron chi connectivity index (χ2n) is 6.04. The van der Waals surface area contributed by atoms with Gasteiger partial charge in [0.1, 0.15) is 6.10 Å². The Bertz CT molecular complexity index is 646. The van der Waals surface area contributed by atoms with Crippen LogP contribution in [0.4, 0.5) is 5.69 Å². The summed E-state index contributed by atoms with van der Waals surface area (Å²) in [4.78, 5) is 15.0. The summed E-state index contributed by atoms with van der Waals surface area (Å²) in [6.45, 7) is 6.41. The molecule has 2 atom stereocenters. The van der Waals surface area contributed by atoms with Gasteiger partial charge in [0.25, 0.3) is 11.1 Å². The van der Waals surface area contributed by atoms with Crippen LogP contribution in [0.1, 0.15) is 38.2 Å². The fourth-order valence-electron chi connectivity index (χ4n) is 3.57. The molecule has 1 fully saturated rings. The molecule has 1 N–H and O–H groups in total. The highest BCUT2D eigenvalue weighted by Crippen LogP contribution is 2.46. The number of carbonyl (C=O) groups excluding carboxylic acids is 1. The van der Waals surface area contributed by atoms with Crippen molar-refractivity contribution < 1.29 is 9.53 Å². The largest absolute Gasteiger partial charge is 0.464 e. The smallest absolute Gasteiger partial charge is 0.261 e. The molecule has 1 saturated heterocycles. The number of anilines is 1. The molecule has 0 aliphatic carbocycles. The number of fused-ring (bicyclic) bond motifs is 2. The molecule has 4 nitrogen and oxygen atoms in total. The van der Waals surface area contributed by atoms with Crippen LogP contribution in [0, 0.1) is 0 Å². The fraction of sp³-hybridized carbons (Fsp3) is 0.444. The maximum absolute atomic E-state index is 13.2. The highest BCUT2D eigenvalue weighted by Gasteiger charge is 2.60. The molecule has 122 valence electrons. The summed E-state index contributed by atoms with van der Waals surface area (Å²) in [5.41, 5.74) is 0.983. The molecule has 0 radical (unpaired) electrons. The Hall–Kier alpha value is -1.88. The van der Waals surface area contributed by atoms with Crippen LogP contribution < -0.4 is 10.2 Å². The summed E-state index contributed by atoms with van der Waals surface area (Å²) in [6, 6.07) is 7.87. The van der Waals surface area contributed by atoms with Crippen LogP contribution in [0.5, 0.6) is 0 Å². The van der Waals surface area contributed by atoms with Crippen molar-refractivity contribution in [3.63, 3.8) is 0 Å². The third-order valence-electron chi connectivity index (χ3n) is 4.62. The van der Waals surface area contributed by atoms with Crippen molar-refractivity contribution in [2.45, 2.75) is 44.2 Å². The molecule has 2 heterocycles. The van der Waals surface area contributed by atoms with E-state index >= 15 is 0 Å². The first-order valence-corrected chi connectivity index (χ1v) is 8.57. The third kappa shape index (κ3) is 2.43. The summed E-state index contributed by atoms with van der Waals surface area (Å²) >= 11 is 5.25. The zero-order valence-electron chi connectivity index (χ0n) is 13.4. The zero-order valence-corrected chi connectivity index (χ0v) is 14.2. The quantitative estimate of drug-likeness (QED) is 0.494. The van der Waals surface area contributed by atoms with Crippen LogP contribution in [0.15, 0.2) is 36.9 Å². The lowest BCUT2D eigenvalue weighted by molar-refractivity contribution is -0.125. The average Bonchev–Trinajstić information content (AvgIpc) is 3.00. The van der Waals surface area contributed by atoms with Crippen molar-refractivity contribution >= 4 is 29.0 Å². The predicted octanol–water partition coefficient (Wildman–Crippen LogP) is 3.27. The molecule has 1 aromatic carbocycles. The first-order valence-electron chi connectivity index (χ1n) is 8.16. The normalized spacial score (nSPS) is 25.4. The van der Waals surface area contributed by atoms with Crippen LogP contribution >= 0.6 is 12.2 Å². The number of benzene rings is 1. The van der Waals surface area contributed by atoms with Gasteiger partial charge in [-0.2, -0.15) is 0 Å². The van der Waals surface area contributed by atoms with E-state index < -0.39 is 5.54 Å². The summed E-state index contributed by atoms with van der Waals surface area (Å²) < 4.78 is 5.85. The second kappa shape index (κ2) is 6.32. The van der Waals surface area contributed by atoms with Gasteiger partial charge in [0, 0.05) is 12.1 Å². The number of hydrogen-bond acceptors (Lipinski definition) is 3. The number of hydrogen-bond donors (Lipinski definition) is 1. The summed E-state index contributed by atoms with van der Waals surface area (Å²) in [6.07, 6.45) is 5.56. The molecule has 1 amide bonds. The summed E-state index contributed by atoms with van der Waals surface area (Å²) in [5, 5.41) is 3.50. The van der Waals surface area contributed by atoms with Crippen molar-refractivity contribution in [2.75, 3.05) is 11.4 Å². The van der Waals surface area contributed by atoms with Gasteiger partial charge < -0.3 is 15.0 Å². The molecule has 0 aromatic heterocycles. The first-order chi connectivity index (χ1) is 11.1. The zero-order chi connectivity index (χ0) is 16.4. The monoisotopic (exact) mass is 330 g/mol. The second-order valence-corrected chi connectivity index (χ2v) is 6.42. The molecule has 2 aliphatic rings. The van der Waals surface area contributed by atoms with Gasteiger partial charge in [0.15, 0.2) is 5.54 Å². The van der Waals surface area contributed by atoms with Gasteiger partial charge in [-0.25, -0.2) is 0 Å². The first kappa shape index (κ1) is 16.0. The Balaban J connectivity index is 2.02. The highest BCUT2D eigenvalue weighted by molar-refractivity contribution is 7.80. The van der Waals surface area contributed by atoms with Gasteiger partial charge in [0.2, 0.25) is 0 Å². The number of nitrogens with zero attached hydrogens (tertiary/aromatic N) is 1. The van der Waals surface area contributed by atoms with Crippen molar-refractivity contribution in [2.24, 2.45) is 0 Å². The maximum Gasteiger partial charge on any atom is 0.261 e. The molecule has 3 rings (SSSR count). The standard InChI is InChI=1S/C18H22N2O2S/c1-3-5-6-11-15-18(19-17(23)22-15)13-9-7-8-10-14(13)20(12-4-2)16(18)21/h4,7-10,15H,2-3,5-6,11-12H2,1H3,(H,19,23)/t15-,18+/m0/s1. The molecule has 23 heavy (non-hydrogen) atoms. The van der Waals surface area contributed by atoms with Crippen LogP contribution in [-0.4, -0.2) is 23.7 Å². The number of unbranched alkanes of at least 4 members (excludes halogenated alkanes) is 2. The Morgan fingerprint density at radius 3 is 2.96 bits per heavy atom. The van der Waals surface area contributed by atoms with E-state index in [1.165, 1.54) is 0 Å². The van der Waals surface area contributed by atoms with E-state index in [0.29, 0.717) is 11.7 Å². The Morgan fingerprint density at radius 1 is 1.43 bits per heavy atom. The molecule has 0 unspecified atom stereocenters. The van der Waals surface area contributed by atoms with E-state index in [0.717, 1.165) is 36.9 Å². The molecule has 2 aliphatic heterocycles. The van der Waals surface area contributed by atoms with E-state index in [-0.39, 0.29) is 12.0 Å². The lowest BCUT2D eigenvalue weighted by Crippen LogP contribution is -2.53. The van der Waals surface area contributed by atoms with E-state index in [1.54, 1.807) is 11.0 Å². The third-order valence-corrected chi connectivity index (χ3v) is 4.81. The summed E-state index contributed by atoms with van der Waals surface area (Å²) in [5.74, 6) is -0.0000477. The van der Waals surface area contributed by atoms with E-state index in [9.17, 15) is 4.79 Å². The number of carbonyl (C=O) groups is 1. The lowest BCUT2D eigenvalue weighted by atomic mass is 9.84. The van der Waals surface area contributed by atoms with Crippen LogP contribution in [0.25, 0.3) is 0 Å². The minimum absolute atomic E-state index is 0.0000477. The number of para-hydroxylation sites is 1. The van der Waals surface area contributed by atoms with Crippen molar-refractivity contribution in [1.29, 1.82) is 0 Å². The maximum atomic E-state index is 13.2. The number of thiocarbonyl (C=S) groups is 1. The Morgan fingerprint density at radius 2 is 2.22 bits per heavy atom. The number of rotatable bonds is 6. The fourth-order valence-corrected chi connectivity index (χ4v) is 3.84. The van der Waals surface area contributed by atoms with E-state index in [1.807, 2.05) is 24.3 Å². The summed E-state index contributed by atoms with van der Waals surface area (Å²) in [7, 11) is 0. The lowest BCUT2D eigenvalue weighted by Gasteiger charge is -2.28. The van der Waals surface area contributed by atoms with Crippen LogP contribution in [0.2, 0.25) is 0 Å². The Labute approximate surface area is 142 Å². The predicted molar refractivity (Wildman–Crippen MR) is 95.4 cm³/mol. The van der Waals surface area contributed by atoms with Gasteiger partial charge >= 0.3 is 0 Å². The molecule has 0 bridgehead atoms. The number of nitrogens with one attached hydrogen (secondary N) is 1. The van der Waals surface area contributed by atoms with Crippen molar-refractivity contribution in [3.05, 3.63) is 42.5 Å². The highest BCUT2D eigenvalue weighted by atomic mass is 32.1.